The van der Waals surface area contributed by atoms with Crippen LogP contribution >= 0.6 is 0 Å². The summed E-state index contributed by atoms with van der Waals surface area (Å²) in [7, 11) is 0. The van der Waals surface area contributed by atoms with Gasteiger partial charge < -0.3 is 15.2 Å². The van der Waals surface area contributed by atoms with Gasteiger partial charge in [-0.25, -0.2) is 0 Å². The lowest BCUT2D eigenvalue weighted by molar-refractivity contribution is -0.136. The van der Waals surface area contributed by atoms with Crippen LogP contribution in [-0.2, 0) is 10.2 Å². The largest absolute Gasteiger partial charge is 0.486 e. The van der Waals surface area contributed by atoms with Crippen LogP contribution in [0.3, 0.4) is 0 Å². The third kappa shape index (κ3) is 8.44. The first-order chi connectivity index (χ1) is 18.1. The molecule has 0 aliphatic heterocycles. The SMILES string of the molecule is Cc1cc(OC(CC(C)(C)C)c2ccc(C(=O)NCCC(=O)O)cc2)cc(C)c1-c1ccc(C(C)(C)C)cc1. The fourth-order valence-corrected chi connectivity index (χ4v) is 4.77. The summed E-state index contributed by atoms with van der Waals surface area (Å²) in [6.45, 7) is 17.6. The van der Waals surface area contributed by atoms with Gasteiger partial charge in [-0.1, -0.05) is 77.9 Å². The first-order valence-electron chi connectivity index (χ1n) is 13.6. The van der Waals surface area contributed by atoms with Gasteiger partial charge in [0.15, 0.2) is 0 Å². The van der Waals surface area contributed by atoms with Crippen LogP contribution in [0.5, 0.6) is 5.75 Å². The van der Waals surface area contributed by atoms with Crippen molar-refractivity contribution in [3.8, 4) is 16.9 Å². The number of nitrogens with one attached hydrogen (secondary N) is 1. The van der Waals surface area contributed by atoms with Crippen LogP contribution in [0.15, 0.2) is 60.7 Å². The zero-order chi connectivity index (χ0) is 29.0. The van der Waals surface area contributed by atoms with E-state index in [0.717, 1.165) is 28.9 Å². The van der Waals surface area contributed by atoms with Crippen molar-refractivity contribution in [2.75, 3.05) is 6.54 Å². The molecule has 3 aromatic rings. The van der Waals surface area contributed by atoms with E-state index in [-0.39, 0.29) is 35.8 Å². The van der Waals surface area contributed by atoms with E-state index in [9.17, 15) is 9.59 Å². The molecule has 208 valence electrons. The standard InChI is InChI=1S/C34H43NO4/c1-22-19-28(20-23(2)31(22)25-13-15-27(16-14-25)34(6,7)8)39-29(21-33(3,4)5)24-9-11-26(12-10-24)32(38)35-18-17-30(36)37/h9-16,19-20,29H,17-18,21H2,1-8H3,(H,35,38)(H,36,37). The minimum atomic E-state index is -0.940. The zero-order valence-electron chi connectivity index (χ0n) is 24.6. The summed E-state index contributed by atoms with van der Waals surface area (Å²) in [6.07, 6.45) is 0.501. The lowest BCUT2D eigenvalue weighted by Crippen LogP contribution is -2.26. The number of carboxylic acids is 1. The highest BCUT2D eigenvalue weighted by molar-refractivity contribution is 5.94. The Morgan fingerprint density at radius 1 is 0.872 bits per heavy atom. The minimum Gasteiger partial charge on any atom is -0.486 e. The highest BCUT2D eigenvalue weighted by Crippen LogP contribution is 2.37. The molecule has 0 saturated carbocycles. The Morgan fingerprint density at radius 2 is 1.44 bits per heavy atom. The van der Waals surface area contributed by atoms with E-state index in [4.69, 9.17) is 9.84 Å². The number of amides is 1. The van der Waals surface area contributed by atoms with Gasteiger partial charge in [0.25, 0.3) is 5.91 Å². The number of aryl methyl sites for hydroxylation is 2. The van der Waals surface area contributed by atoms with Gasteiger partial charge in [-0.3, -0.25) is 9.59 Å². The molecular formula is C34H43NO4. The Bertz CT molecular complexity index is 1270. The highest BCUT2D eigenvalue weighted by atomic mass is 16.5. The second-order valence-corrected chi connectivity index (χ2v) is 12.7. The molecule has 5 nitrogen and oxygen atoms in total. The minimum absolute atomic E-state index is 0.0242. The fourth-order valence-electron chi connectivity index (χ4n) is 4.77. The van der Waals surface area contributed by atoms with Crippen molar-refractivity contribution in [3.63, 3.8) is 0 Å². The van der Waals surface area contributed by atoms with Gasteiger partial charge in [-0.15, -0.1) is 0 Å². The number of ether oxygens (including phenoxy) is 1. The van der Waals surface area contributed by atoms with E-state index in [2.05, 4.69) is 97.1 Å². The average molecular weight is 530 g/mol. The van der Waals surface area contributed by atoms with E-state index in [1.165, 1.54) is 16.7 Å². The molecular weight excluding hydrogens is 486 g/mol. The van der Waals surface area contributed by atoms with Crippen molar-refractivity contribution in [2.24, 2.45) is 5.41 Å². The molecule has 2 N–H and O–H groups in total. The topological polar surface area (TPSA) is 75.6 Å². The quantitative estimate of drug-likeness (QED) is 0.294. The summed E-state index contributed by atoms with van der Waals surface area (Å²) in [5.74, 6) is -0.400. The summed E-state index contributed by atoms with van der Waals surface area (Å²) in [4.78, 5) is 23.1. The smallest absolute Gasteiger partial charge is 0.305 e. The van der Waals surface area contributed by atoms with Crippen LogP contribution in [0.1, 0.15) is 93.1 Å². The Balaban J connectivity index is 1.84. The number of carbonyl (C=O) groups is 2. The molecule has 3 rings (SSSR count). The molecule has 0 fully saturated rings. The van der Waals surface area contributed by atoms with Crippen molar-refractivity contribution in [2.45, 2.75) is 79.8 Å². The first kappa shape index (κ1) is 29.9. The Hall–Kier alpha value is -3.60. The van der Waals surface area contributed by atoms with Crippen molar-refractivity contribution >= 4 is 11.9 Å². The third-order valence-corrected chi connectivity index (χ3v) is 6.79. The molecule has 1 atom stereocenters. The normalized spacial score (nSPS) is 12.6. The summed E-state index contributed by atoms with van der Waals surface area (Å²) in [6, 6.07) is 20.5. The Labute approximate surface area is 233 Å². The molecule has 0 saturated heterocycles. The van der Waals surface area contributed by atoms with E-state index in [0.29, 0.717) is 5.56 Å². The summed E-state index contributed by atoms with van der Waals surface area (Å²) in [5, 5.41) is 11.4. The van der Waals surface area contributed by atoms with E-state index in [1.54, 1.807) is 12.1 Å². The maximum absolute atomic E-state index is 12.4. The van der Waals surface area contributed by atoms with Crippen LogP contribution in [0.25, 0.3) is 11.1 Å². The van der Waals surface area contributed by atoms with E-state index in [1.807, 2.05) is 12.1 Å². The molecule has 0 aliphatic carbocycles. The number of carbonyl (C=O) groups excluding carboxylic acids is 1. The summed E-state index contributed by atoms with van der Waals surface area (Å²) in [5.41, 5.74) is 7.70. The molecule has 0 radical (unpaired) electrons. The van der Waals surface area contributed by atoms with Crippen LogP contribution in [0, 0.1) is 19.3 Å². The van der Waals surface area contributed by atoms with Crippen LogP contribution in [-0.4, -0.2) is 23.5 Å². The van der Waals surface area contributed by atoms with Crippen molar-refractivity contribution in [1.29, 1.82) is 0 Å². The van der Waals surface area contributed by atoms with E-state index < -0.39 is 5.97 Å². The molecule has 5 heteroatoms. The maximum Gasteiger partial charge on any atom is 0.305 e. The van der Waals surface area contributed by atoms with Crippen LogP contribution < -0.4 is 10.1 Å². The fraction of sp³-hybridized carbons (Fsp3) is 0.412. The van der Waals surface area contributed by atoms with Gasteiger partial charge in [-0.05, 0) is 88.7 Å². The Morgan fingerprint density at radius 3 is 1.92 bits per heavy atom. The molecule has 0 heterocycles. The highest BCUT2D eigenvalue weighted by Gasteiger charge is 2.23. The molecule has 3 aromatic carbocycles. The number of carboxylic acid groups (broad SMARTS) is 1. The molecule has 0 aromatic heterocycles. The van der Waals surface area contributed by atoms with Crippen LogP contribution in [0.4, 0.5) is 0 Å². The number of benzene rings is 3. The van der Waals surface area contributed by atoms with Gasteiger partial charge in [0.1, 0.15) is 11.9 Å². The van der Waals surface area contributed by atoms with Gasteiger partial charge in [0.05, 0.1) is 6.42 Å². The number of aliphatic carboxylic acids is 1. The van der Waals surface area contributed by atoms with Gasteiger partial charge >= 0.3 is 5.97 Å². The summed E-state index contributed by atoms with van der Waals surface area (Å²) < 4.78 is 6.62. The van der Waals surface area contributed by atoms with Crippen molar-refractivity contribution in [1.82, 2.24) is 5.32 Å². The number of hydrogen-bond acceptors (Lipinski definition) is 3. The lowest BCUT2D eigenvalue weighted by atomic mass is 9.85. The van der Waals surface area contributed by atoms with Gasteiger partial charge in [0, 0.05) is 12.1 Å². The number of hydrogen-bond donors (Lipinski definition) is 2. The summed E-state index contributed by atoms with van der Waals surface area (Å²) >= 11 is 0. The predicted octanol–water partition coefficient (Wildman–Crippen LogP) is 8.03. The molecule has 1 amide bonds. The van der Waals surface area contributed by atoms with Crippen molar-refractivity contribution < 1.29 is 19.4 Å². The predicted molar refractivity (Wildman–Crippen MR) is 159 cm³/mol. The van der Waals surface area contributed by atoms with Gasteiger partial charge in [-0.2, -0.15) is 0 Å². The third-order valence-electron chi connectivity index (χ3n) is 6.79. The molecule has 0 bridgehead atoms. The van der Waals surface area contributed by atoms with E-state index >= 15 is 0 Å². The molecule has 1 unspecified atom stereocenters. The van der Waals surface area contributed by atoms with Gasteiger partial charge in [0.2, 0.25) is 0 Å². The second kappa shape index (κ2) is 12.1. The average Bonchev–Trinajstić information content (AvgIpc) is 2.82. The molecule has 39 heavy (non-hydrogen) atoms. The first-order valence-corrected chi connectivity index (χ1v) is 13.6. The maximum atomic E-state index is 12.4. The molecule has 0 aliphatic rings. The van der Waals surface area contributed by atoms with Crippen LogP contribution in [0.2, 0.25) is 0 Å². The van der Waals surface area contributed by atoms with Crippen molar-refractivity contribution in [3.05, 3.63) is 88.5 Å². The molecule has 0 spiro atoms. The zero-order valence-corrected chi connectivity index (χ0v) is 24.6. The monoisotopic (exact) mass is 529 g/mol. The number of rotatable bonds is 9. The second-order valence-electron chi connectivity index (χ2n) is 12.7. The lowest BCUT2D eigenvalue weighted by Gasteiger charge is -2.28. The Kier molecular flexibility index (Phi) is 9.26.